The molecule has 9 nitrogen and oxygen atoms in total. The minimum absolute atomic E-state index is 0.128. The van der Waals surface area contributed by atoms with Crippen LogP contribution in [0.15, 0.2) is 5.16 Å². The van der Waals surface area contributed by atoms with Crippen LogP contribution in [-0.2, 0) is 9.53 Å². The number of carbonyl (C=O) groups is 2. The Balaban J connectivity index is 1.55. The van der Waals surface area contributed by atoms with Crippen molar-refractivity contribution in [2.24, 2.45) is 5.92 Å². The van der Waals surface area contributed by atoms with Gasteiger partial charge >= 0.3 is 6.03 Å². The number of amides is 3. The van der Waals surface area contributed by atoms with Gasteiger partial charge in [0.15, 0.2) is 5.16 Å². The normalized spacial score (nSPS) is 17.4. The van der Waals surface area contributed by atoms with Crippen LogP contribution < -0.4 is 15.5 Å². The predicted octanol–water partition coefficient (Wildman–Crippen LogP) is 1.02. The molecule has 144 valence electrons. The third-order valence-electron chi connectivity index (χ3n) is 4.11. The quantitative estimate of drug-likeness (QED) is 0.679. The van der Waals surface area contributed by atoms with Crippen LogP contribution in [0.3, 0.4) is 0 Å². The lowest BCUT2D eigenvalue weighted by atomic mass is 10.2. The third kappa shape index (κ3) is 5.10. The lowest BCUT2D eigenvalue weighted by molar-refractivity contribution is -0.117. The molecule has 0 atom stereocenters. The van der Waals surface area contributed by atoms with Gasteiger partial charge in [0.2, 0.25) is 11.9 Å². The number of ether oxygens (including phenoxy) is 1. The molecule has 1 aliphatic heterocycles. The fraction of sp³-hybridized carbons (Fsp3) is 0.750. The number of carbonyl (C=O) groups excluding carboxylic acids is 2. The standard InChI is InChI=1S/C16H26N6O3S/c1-11(2)9-17-14(24)18-13(23)10-26-16-20-19-15(22(16)12-3-4-12)21-5-7-25-8-6-21/h11-12H,3-10H2,1-2H3,(H2,17,18,23,24). The molecule has 1 aromatic rings. The summed E-state index contributed by atoms with van der Waals surface area (Å²) in [6.45, 7) is 7.49. The van der Waals surface area contributed by atoms with Crippen molar-refractivity contribution < 1.29 is 14.3 Å². The van der Waals surface area contributed by atoms with Crippen LogP contribution in [0.2, 0.25) is 0 Å². The van der Waals surface area contributed by atoms with Crippen molar-refractivity contribution in [1.82, 2.24) is 25.4 Å². The Labute approximate surface area is 157 Å². The van der Waals surface area contributed by atoms with Crippen molar-refractivity contribution in [3.05, 3.63) is 0 Å². The van der Waals surface area contributed by atoms with Gasteiger partial charge in [-0.1, -0.05) is 25.6 Å². The number of nitrogens with zero attached hydrogens (tertiary/aromatic N) is 4. The number of urea groups is 1. The zero-order chi connectivity index (χ0) is 18.5. The largest absolute Gasteiger partial charge is 0.378 e. The summed E-state index contributed by atoms with van der Waals surface area (Å²) in [4.78, 5) is 25.8. The molecule has 0 unspecified atom stereocenters. The highest BCUT2D eigenvalue weighted by Gasteiger charge is 2.32. The summed E-state index contributed by atoms with van der Waals surface area (Å²) in [5.41, 5.74) is 0. The second-order valence-corrected chi connectivity index (χ2v) is 7.87. The average molecular weight is 382 g/mol. The first-order valence-corrected chi connectivity index (χ1v) is 10.0. The number of thioether (sulfide) groups is 1. The average Bonchev–Trinajstić information content (AvgIpc) is 3.38. The highest BCUT2D eigenvalue weighted by Crippen LogP contribution is 2.41. The Morgan fingerprint density at radius 3 is 2.65 bits per heavy atom. The van der Waals surface area contributed by atoms with Crippen molar-refractivity contribution in [2.75, 3.05) is 43.5 Å². The highest BCUT2D eigenvalue weighted by molar-refractivity contribution is 7.99. The molecule has 0 radical (unpaired) electrons. The molecule has 1 saturated carbocycles. The molecule has 2 aliphatic rings. The number of imide groups is 1. The number of morpholine rings is 1. The number of nitrogens with one attached hydrogen (secondary N) is 2. The molecule has 1 saturated heterocycles. The van der Waals surface area contributed by atoms with Gasteiger partial charge in [0.05, 0.1) is 19.0 Å². The van der Waals surface area contributed by atoms with Crippen LogP contribution >= 0.6 is 11.8 Å². The summed E-state index contributed by atoms with van der Waals surface area (Å²) in [6, 6.07) is -0.0512. The van der Waals surface area contributed by atoms with Crippen LogP contribution in [0.1, 0.15) is 32.7 Å². The molecule has 0 bridgehead atoms. The minimum Gasteiger partial charge on any atom is -0.378 e. The van der Waals surface area contributed by atoms with Crippen molar-refractivity contribution in [1.29, 1.82) is 0 Å². The van der Waals surface area contributed by atoms with E-state index in [-0.39, 0.29) is 11.7 Å². The van der Waals surface area contributed by atoms with Gasteiger partial charge in [0.25, 0.3) is 0 Å². The van der Waals surface area contributed by atoms with Gasteiger partial charge < -0.3 is 15.0 Å². The van der Waals surface area contributed by atoms with E-state index in [0.717, 1.165) is 37.0 Å². The van der Waals surface area contributed by atoms with E-state index < -0.39 is 6.03 Å². The number of anilines is 1. The first-order chi connectivity index (χ1) is 12.5. The van der Waals surface area contributed by atoms with E-state index in [4.69, 9.17) is 4.74 Å². The smallest absolute Gasteiger partial charge is 0.321 e. The third-order valence-corrected chi connectivity index (χ3v) is 5.05. The number of rotatable bonds is 7. The molecule has 0 spiro atoms. The summed E-state index contributed by atoms with van der Waals surface area (Å²) in [5, 5.41) is 14.4. The first-order valence-electron chi connectivity index (χ1n) is 9.02. The monoisotopic (exact) mass is 382 g/mol. The molecule has 10 heteroatoms. The van der Waals surface area contributed by atoms with E-state index in [0.29, 0.717) is 31.7 Å². The van der Waals surface area contributed by atoms with Crippen LogP contribution in [-0.4, -0.2) is 65.3 Å². The van der Waals surface area contributed by atoms with Gasteiger partial charge in [-0.05, 0) is 18.8 Å². The van der Waals surface area contributed by atoms with Crippen molar-refractivity contribution in [3.8, 4) is 0 Å². The van der Waals surface area contributed by atoms with Crippen LogP contribution in [0.5, 0.6) is 0 Å². The molecule has 2 N–H and O–H groups in total. The first kappa shape index (κ1) is 19.0. The topological polar surface area (TPSA) is 101 Å². The molecule has 26 heavy (non-hydrogen) atoms. The molecule has 2 fully saturated rings. The van der Waals surface area contributed by atoms with E-state index in [1.165, 1.54) is 11.8 Å². The lowest BCUT2D eigenvalue weighted by Crippen LogP contribution is -2.41. The van der Waals surface area contributed by atoms with Crippen molar-refractivity contribution >= 4 is 29.6 Å². The van der Waals surface area contributed by atoms with E-state index in [2.05, 4.69) is 30.3 Å². The molecule has 3 amide bonds. The lowest BCUT2D eigenvalue weighted by Gasteiger charge is -2.27. The molecule has 2 heterocycles. The molecular formula is C16H26N6O3S. The highest BCUT2D eigenvalue weighted by atomic mass is 32.2. The summed E-state index contributed by atoms with van der Waals surface area (Å²) in [6.07, 6.45) is 2.21. The van der Waals surface area contributed by atoms with E-state index >= 15 is 0 Å². The molecule has 1 aromatic heterocycles. The van der Waals surface area contributed by atoms with Crippen molar-refractivity contribution in [3.63, 3.8) is 0 Å². The van der Waals surface area contributed by atoms with Gasteiger partial charge in [-0.2, -0.15) is 0 Å². The van der Waals surface area contributed by atoms with Gasteiger partial charge in [-0.25, -0.2) is 4.79 Å². The summed E-state index contributed by atoms with van der Waals surface area (Å²) >= 11 is 1.31. The van der Waals surface area contributed by atoms with Gasteiger partial charge in [-0.15, -0.1) is 10.2 Å². The van der Waals surface area contributed by atoms with Crippen LogP contribution in [0.4, 0.5) is 10.7 Å². The Kier molecular flexibility index (Phi) is 6.36. The number of aromatic nitrogens is 3. The zero-order valence-electron chi connectivity index (χ0n) is 15.2. The minimum atomic E-state index is -0.457. The fourth-order valence-electron chi connectivity index (χ4n) is 2.63. The Bertz CT molecular complexity index is 640. The van der Waals surface area contributed by atoms with Crippen LogP contribution in [0, 0.1) is 5.92 Å². The summed E-state index contributed by atoms with van der Waals surface area (Å²) < 4.78 is 7.53. The second kappa shape index (κ2) is 8.72. The maximum absolute atomic E-state index is 12.0. The molecule has 1 aliphatic carbocycles. The Hall–Kier alpha value is -1.81. The number of hydrogen-bond donors (Lipinski definition) is 2. The van der Waals surface area contributed by atoms with Crippen LogP contribution in [0.25, 0.3) is 0 Å². The maximum atomic E-state index is 12.0. The molecular weight excluding hydrogens is 356 g/mol. The Morgan fingerprint density at radius 2 is 2.00 bits per heavy atom. The maximum Gasteiger partial charge on any atom is 0.321 e. The van der Waals surface area contributed by atoms with E-state index in [1.54, 1.807) is 0 Å². The molecule has 3 rings (SSSR count). The van der Waals surface area contributed by atoms with E-state index in [9.17, 15) is 9.59 Å². The fourth-order valence-corrected chi connectivity index (χ4v) is 3.43. The predicted molar refractivity (Wildman–Crippen MR) is 98.4 cm³/mol. The summed E-state index contributed by atoms with van der Waals surface area (Å²) in [7, 11) is 0. The van der Waals surface area contributed by atoms with Gasteiger partial charge in [-0.3, -0.25) is 14.7 Å². The summed E-state index contributed by atoms with van der Waals surface area (Å²) in [5.74, 6) is 0.979. The molecule has 0 aromatic carbocycles. The van der Waals surface area contributed by atoms with Gasteiger partial charge in [0, 0.05) is 25.7 Å². The Morgan fingerprint density at radius 1 is 1.27 bits per heavy atom. The van der Waals surface area contributed by atoms with Gasteiger partial charge in [0.1, 0.15) is 0 Å². The van der Waals surface area contributed by atoms with E-state index in [1.807, 2.05) is 13.8 Å². The zero-order valence-corrected chi connectivity index (χ0v) is 16.0. The van der Waals surface area contributed by atoms with Crippen molar-refractivity contribution in [2.45, 2.75) is 37.9 Å². The SMILES string of the molecule is CC(C)CNC(=O)NC(=O)CSc1nnc(N2CCOCC2)n1C1CC1. The number of hydrogen-bond acceptors (Lipinski definition) is 7. The second-order valence-electron chi connectivity index (χ2n) is 6.92.